The first-order valence-electron chi connectivity index (χ1n) is 9.25. The molecule has 0 aliphatic rings. The maximum atomic E-state index is 12.3. The van der Waals surface area contributed by atoms with E-state index in [1.54, 1.807) is 24.3 Å². The van der Waals surface area contributed by atoms with Crippen molar-refractivity contribution >= 4 is 17.7 Å². The second-order valence-corrected chi connectivity index (χ2v) is 6.38. The van der Waals surface area contributed by atoms with Crippen LogP contribution >= 0.6 is 0 Å². The molecule has 0 saturated carbocycles. The number of ketones is 1. The van der Waals surface area contributed by atoms with Crippen LogP contribution in [0.25, 0.3) is 11.1 Å². The predicted molar refractivity (Wildman–Crippen MR) is 107 cm³/mol. The maximum Gasteiger partial charge on any atom is 0.306 e. The van der Waals surface area contributed by atoms with Crippen molar-refractivity contribution in [2.24, 2.45) is 0 Å². The zero-order chi connectivity index (χ0) is 20.5. The molecule has 0 spiro atoms. The molecule has 3 rings (SSSR count). The molecule has 0 unspecified atom stereocenters. The van der Waals surface area contributed by atoms with Crippen LogP contribution in [0.4, 0.5) is 0 Å². The van der Waals surface area contributed by atoms with Gasteiger partial charge in [0.1, 0.15) is 5.76 Å². The normalized spacial score (nSPS) is 10.3. The number of ether oxygens (including phenoxy) is 1. The third-order valence-electron chi connectivity index (χ3n) is 4.27. The number of esters is 1. The number of Topliss-reactive ketones (excluding diaryl/α,β-unsaturated/α-hetero) is 1. The highest BCUT2D eigenvalue weighted by Gasteiger charge is 2.12. The van der Waals surface area contributed by atoms with E-state index in [2.05, 4.69) is 5.32 Å². The summed E-state index contributed by atoms with van der Waals surface area (Å²) >= 11 is 0. The van der Waals surface area contributed by atoms with Crippen LogP contribution in [0.3, 0.4) is 0 Å². The number of furan rings is 1. The molecule has 1 aromatic heterocycles. The summed E-state index contributed by atoms with van der Waals surface area (Å²) in [6.07, 6.45) is 1.45. The predicted octanol–water partition coefficient (Wildman–Crippen LogP) is 3.77. The van der Waals surface area contributed by atoms with Gasteiger partial charge in [-0.3, -0.25) is 14.4 Å². The topological polar surface area (TPSA) is 85.6 Å². The molecular weight excluding hydrogens is 370 g/mol. The summed E-state index contributed by atoms with van der Waals surface area (Å²) < 4.78 is 9.99. The van der Waals surface area contributed by atoms with Crippen LogP contribution in [-0.2, 0) is 20.9 Å². The highest BCUT2D eigenvalue weighted by Crippen LogP contribution is 2.20. The number of hydrogen-bond acceptors (Lipinski definition) is 5. The van der Waals surface area contributed by atoms with E-state index in [1.807, 2.05) is 42.5 Å². The molecular formula is C23H21NO5. The number of nitrogens with one attached hydrogen (secondary N) is 1. The molecule has 0 aliphatic heterocycles. The third-order valence-corrected chi connectivity index (χ3v) is 4.27. The Morgan fingerprint density at radius 2 is 1.55 bits per heavy atom. The van der Waals surface area contributed by atoms with Crippen LogP contribution in [0.15, 0.2) is 77.4 Å². The maximum absolute atomic E-state index is 12.3. The van der Waals surface area contributed by atoms with Gasteiger partial charge in [-0.25, -0.2) is 0 Å². The zero-order valence-electron chi connectivity index (χ0n) is 15.8. The molecule has 0 atom stereocenters. The molecule has 6 nitrogen and oxygen atoms in total. The van der Waals surface area contributed by atoms with Crippen molar-refractivity contribution < 1.29 is 23.5 Å². The van der Waals surface area contributed by atoms with Crippen LogP contribution in [0.2, 0.25) is 0 Å². The van der Waals surface area contributed by atoms with Crippen molar-refractivity contribution in [1.82, 2.24) is 5.32 Å². The van der Waals surface area contributed by atoms with Crippen molar-refractivity contribution in [2.75, 3.05) is 6.61 Å². The van der Waals surface area contributed by atoms with E-state index < -0.39 is 11.9 Å². The Kier molecular flexibility index (Phi) is 6.95. The molecule has 1 N–H and O–H groups in total. The minimum Gasteiger partial charge on any atom is -0.467 e. The standard InChI is InChI=1S/C23H21NO5/c25-21(19-10-8-18(9-11-19)17-5-2-1-3-6-17)12-13-23(27)29-16-22(26)24-15-20-7-4-14-28-20/h1-11,14H,12-13,15-16H2,(H,24,26). The number of carbonyl (C=O) groups excluding carboxylic acids is 3. The molecule has 6 heteroatoms. The fourth-order valence-electron chi connectivity index (χ4n) is 2.71. The van der Waals surface area contributed by atoms with Gasteiger partial charge in [0.2, 0.25) is 0 Å². The van der Waals surface area contributed by atoms with Gasteiger partial charge < -0.3 is 14.5 Å². The molecule has 29 heavy (non-hydrogen) atoms. The highest BCUT2D eigenvalue weighted by atomic mass is 16.5. The van der Waals surface area contributed by atoms with Gasteiger partial charge in [-0.2, -0.15) is 0 Å². The van der Waals surface area contributed by atoms with Gasteiger partial charge >= 0.3 is 5.97 Å². The molecule has 0 fully saturated rings. The van der Waals surface area contributed by atoms with Gasteiger partial charge in [0.15, 0.2) is 12.4 Å². The lowest BCUT2D eigenvalue weighted by atomic mass is 10.0. The largest absolute Gasteiger partial charge is 0.467 e. The zero-order valence-corrected chi connectivity index (χ0v) is 15.8. The molecule has 0 bridgehead atoms. The van der Waals surface area contributed by atoms with Gasteiger partial charge in [-0.15, -0.1) is 0 Å². The van der Waals surface area contributed by atoms with Crippen LogP contribution in [-0.4, -0.2) is 24.3 Å². The van der Waals surface area contributed by atoms with E-state index in [0.717, 1.165) is 11.1 Å². The van der Waals surface area contributed by atoms with E-state index in [9.17, 15) is 14.4 Å². The highest BCUT2D eigenvalue weighted by molar-refractivity contribution is 5.98. The van der Waals surface area contributed by atoms with E-state index >= 15 is 0 Å². The molecule has 0 aliphatic carbocycles. The number of amides is 1. The third kappa shape index (κ3) is 6.17. The number of benzene rings is 2. The fraction of sp³-hybridized carbons (Fsp3) is 0.174. The first kappa shape index (κ1) is 20.1. The number of carbonyl (C=O) groups is 3. The minimum atomic E-state index is -0.590. The smallest absolute Gasteiger partial charge is 0.306 e. The Bertz CT molecular complexity index is 947. The number of rotatable bonds is 9. The van der Waals surface area contributed by atoms with E-state index in [0.29, 0.717) is 11.3 Å². The van der Waals surface area contributed by atoms with Crippen molar-refractivity contribution in [1.29, 1.82) is 0 Å². The molecule has 1 amide bonds. The summed E-state index contributed by atoms with van der Waals surface area (Å²) in [7, 11) is 0. The SMILES string of the molecule is O=C(COC(=O)CCC(=O)c1ccc(-c2ccccc2)cc1)NCc1ccco1. The van der Waals surface area contributed by atoms with E-state index in [-0.39, 0.29) is 31.8 Å². The quantitative estimate of drug-likeness (QED) is 0.443. The first-order valence-corrected chi connectivity index (χ1v) is 9.25. The van der Waals surface area contributed by atoms with Crippen molar-refractivity contribution in [3.05, 3.63) is 84.3 Å². The summed E-state index contributed by atoms with van der Waals surface area (Å²) in [5, 5.41) is 2.57. The summed E-state index contributed by atoms with van der Waals surface area (Å²) in [4.78, 5) is 35.7. The van der Waals surface area contributed by atoms with Gasteiger partial charge in [0.05, 0.1) is 19.2 Å². The van der Waals surface area contributed by atoms with Gasteiger partial charge in [-0.1, -0.05) is 54.6 Å². The Morgan fingerprint density at radius 3 is 2.24 bits per heavy atom. The average molecular weight is 391 g/mol. The van der Waals surface area contributed by atoms with Crippen LogP contribution < -0.4 is 5.32 Å². The Labute approximate surface area is 168 Å². The fourth-order valence-corrected chi connectivity index (χ4v) is 2.71. The second-order valence-electron chi connectivity index (χ2n) is 6.38. The van der Waals surface area contributed by atoms with Crippen molar-refractivity contribution in [3.63, 3.8) is 0 Å². The second kappa shape index (κ2) is 10.0. The minimum absolute atomic E-state index is 0.0253. The summed E-state index contributed by atoms with van der Waals surface area (Å²) in [6, 6.07) is 20.6. The lowest BCUT2D eigenvalue weighted by Gasteiger charge is -2.06. The molecule has 3 aromatic rings. The lowest BCUT2D eigenvalue weighted by molar-refractivity contribution is -0.148. The molecule has 1 heterocycles. The molecule has 2 aromatic carbocycles. The summed E-state index contributed by atoms with van der Waals surface area (Å²) in [5.41, 5.74) is 2.62. The van der Waals surface area contributed by atoms with Crippen molar-refractivity contribution in [2.45, 2.75) is 19.4 Å². The van der Waals surface area contributed by atoms with Gasteiger partial charge in [-0.05, 0) is 23.3 Å². The van der Waals surface area contributed by atoms with E-state index in [1.165, 1.54) is 6.26 Å². The number of hydrogen-bond donors (Lipinski definition) is 1. The first-order chi connectivity index (χ1) is 14.1. The van der Waals surface area contributed by atoms with Crippen molar-refractivity contribution in [3.8, 4) is 11.1 Å². The van der Waals surface area contributed by atoms with Gasteiger partial charge in [0, 0.05) is 12.0 Å². The van der Waals surface area contributed by atoms with E-state index in [4.69, 9.17) is 9.15 Å². The lowest BCUT2D eigenvalue weighted by Crippen LogP contribution is -2.28. The summed E-state index contributed by atoms with van der Waals surface area (Å²) in [5.74, 6) is -0.567. The molecule has 148 valence electrons. The molecule has 0 saturated heterocycles. The van der Waals surface area contributed by atoms with Crippen LogP contribution in [0, 0.1) is 0 Å². The van der Waals surface area contributed by atoms with Crippen LogP contribution in [0.1, 0.15) is 29.0 Å². The van der Waals surface area contributed by atoms with Gasteiger partial charge in [0.25, 0.3) is 5.91 Å². The summed E-state index contributed by atoms with van der Waals surface area (Å²) in [6.45, 7) is -0.166. The Balaban J connectivity index is 1.39. The molecule has 0 radical (unpaired) electrons. The Hall–Kier alpha value is -3.67. The van der Waals surface area contributed by atoms with Crippen LogP contribution in [0.5, 0.6) is 0 Å². The Morgan fingerprint density at radius 1 is 0.828 bits per heavy atom. The average Bonchev–Trinajstić information content (AvgIpc) is 3.29. The monoisotopic (exact) mass is 391 g/mol.